The molecule has 5 heteroatoms. The van der Waals surface area contributed by atoms with E-state index in [1.807, 2.05) is 11.0 Å². The van der Waals surface area contributed by atoms with E-state index in [1.54, 1.807) is 0 Å². The van der Waals surface area contributed by atoms with Crippen LogP contribution >= 0.6 is 0 Å². The monoisotopic (exact) mass is 331 g/mol. The summed E-state index contributed by atoms with van der Waals surface area (Å²) in [6.07, 6.45) is 2.54. The first-order valence-corrected chi connectivity index (χ1v) is 9.10. The maximum absolute atomic E-state index is 12.5. The fourth-order valence-electron chi connectivity index (χ4n) is 3.64. The lowest BCUT2D eigenvalue weighted by Crippen LogP contribution is -2.55. The highest BCUT2D eigenvalue weighted by Gasteiger charge is 2.27. The minimum absolute atomic E-state index is 0.208. The number of amides is 1. The van der Waals surface area contributed by atoms with Crippen LogP contribution in [-0.4, -0.2) is 67.2 Å². The van der Waals surface area contributed by atoms with Crippen LogP contribution < -0.4 is 5.32 Å². The van der Waals surface area contributed by atoms with Crippen LogP contribution in [0.25, 0.3) is 0 Å². The van der Waals surface area contributed by atoms with Crippen LogP contribution in [0.2, 0.25) is 0 Å². The molecule has 1 aromatic rings. The van der Waals surface area contributed by atoms with Crippen LogP contribution in [0, 0.1) is 0 Å². The van der Waals surface area contributed by atoms with Crippen molar-refractivity contribution in [3.05, 3.63) is 35.9 Å². The van der Waals surface area contributed by atoms with E-state index in [4.69, 9.17) is 4.74 Å². The third-order valence-electron chi connectivity index (χ3n) is 4.95. The SMILES string of the molecule is C[C@@H]1CN(Cc2ccccc2)CCN1C(=O)CNCC1CCCO1. The van der Waals surface area contributed by atoms with Gasteiger partial charge in [0.15, 0.2) is 0 Å². The largest absolute Gasteiger partial charge is 0.377 e. The van der Waals surface area contributed by atoms with Gasteiger partial charge in [-0.2, -0.15) is 0 Å². The van der Waals surface area contributed by atoms with Crippen molar-refractivity contribution in [3.63, 3.8) is 0 Å². The Kier molecular flexibility index (Phi) is 6.24. The van der Waals surface area contributed by atoms with Crippen LogP contribution in [0.3, 0.4) is 0 Å². The van der Waals surface area contributed by atoms with Crippen molar-refractivity contribution < 1.29 is 9.53 Å². The van der Waals surface area contributed by atoms with Crippen molar-refractivity contribution in [1.82, 2.24) is 15.1 Å². The van der Waals surface area contributed by atoms with E-state index in [2.05, 4.69) is 41.4 Å². The molecule has 1 aromatic carbocycles. The quantitative estimate of drug-likeness (QED) is 0.858. The Balaban J connectivity index is 1.40. The molecule has 0 saturated carbocycles. The third-order valence-corrected chi connectivity index (χ3v) is 4.95. The third kappa shape index (κ3) is 4.79. The molecule has 2 heterocycles. The van der Waals surface area contributed by atoms with Crippen LogP contribution in [0.5, 0.6) is 0 Å². The second-order valence-electron chi connectivity index (χ2n) is 6.92. The summed E-state index contributed by atoms with van der Waals surface area (Å²) in [7, 11) is 0. The Labute approximate surface area is 145 Å². The summed E-state index contributed by atoms with van der Waals surface area (Å²) < 4.78 is 5.58. The molecule has 24 heavy (non-hydrogen) atoms. The van der Waals surface area contributed by atoms with Crippen molar-refractivity contribution in [2.45, 2.75) is 38.5 Å². The highest BCUT2D eigenvalue weighted by molar-refractivity contribution is 5.78. The first kappa shape index (κ1) is 17.4. The fraction of sp³-hybridized carbons (Fsp3) is 0.632. The second-order valence-corrected chi connectivity index (χ2v) is 6.92. The number of carbonyl (C=O) groups is 1. The summed E-state index contributed by atoms with van der Waals surface area (Å²) in [6.45, 7) is 7.87. The lowest BCUT2D eigenvalue weighted by Gasteiger charge is -2.40. The lowest BCUT2D eigenvalue weighted by molar-refractivity contribution is -0.134. The van der Waals surface area contributed by atoms with E-state index in [0.717, 1.165) is 52.2 Å². The van der Waals surface area contributed by atoms with Gasteiger partial charge in [0, 0.05) is 45.4 Å². The van der Waals surface area contributed by atoms with Gasteiger partial charge in [-0.25, -0.2) is 0 Å². The predicted octanol–water partition coefficient (Wildman–Crippen LogP) is 1.49. The fourth-order valence-corrected chi connectivity index (χ4v) is 3.64. The first-order chi connectivity index (χ1) is 11.7. The molecule has 0 spiro atoms. The van der Waals surface area contributed by atoms with Gasteiger partial charge >= 0.3 is 0 Å². The maximum Gasteiger partial charge on any atom is 0.236 e. The number of benzene rings is 1. The maximum atomic E-state index is 12.5. The number of ether oxygens (including phenoxy) is 1. The molecule has 2 aliphatic rings. The zero-order valence-corrected chi connectivity index (χ0v) is 14.6. The van der Waals surface area contributed by atoms with E-state index in [9.17, 15) is 4.79 Å². The van der Waals surface area contributed by atoms with E-state index in [1.165, 1.54) is 5.56 Å². The van der Waals surface area contributed by atoms with Crippen LogP contribution in [0.1, 0.15) is 25.3 Å². The standard InChI is InChI=1S/C19H29N3O2/c1-16-14-21(15-17-6-3-2-4-7-17)9-10-22(16)19(23)13-20-12-18-8-5-11-24-18/h2-4,6-7,16,18,20H,5,8-15H2,1H3/t16-,18?/m1/s1. The van der Waals surface area contributed by atoms with Crippen LogP contribution in [-0.2, 0) is 16.1 Å². The Morgan fingerprint density at radius 3 is 2.83 bits per heavy atom. The highest BCUT2D eigenvalue weighted by Crippen LogP contribution is 2.14. The number of rotatable bonds is 6. The summed E-state index contributed by atoms with van der Waals surface area (Å²) in [5.74, 6) is 0.208. The van der Waals surface area contributed by atoms with E-state index >= 15 is 0 Å². The zero-order chi connectivity index (χ0) is 16.8. The van der Waals surface area contributed by atoms with Crippen LogP contribution in [0.15, 0.2) is 30.3 Å². The smallest absolute Gasteiger partial charge is 0.236 e. The second kappa shape index (κ2) is 8.60. The molecule has 2 fully saturated rings. The molecule has 0 aliphatic carbocycles. The topological polar surface area (TPSA) is 44.8 Å². The number of nitrogens with one attached hydrogen (secondary N) is 1. The molecule has 5 nitrogen and oxygen atoms in total. The molecular formula is C19H29N3O2. The van der Waals surface area contributed by atoms with Crippen molar-refractivity contribution in [1.29, 1.82) is 0 Å². The van der Waals surface area contributed by atoms with Gasteiger partial charge in [-0.05, 0) is 25.3 Å². The predicted molar refractivity (Wildman–Crippen MR) is 94.7 cm³/mol. The Bertz CT molecular complexity index is 517. The molecule has 1 unspecified atom stereocenters. The summed E-state index contributed by atoms with van der Waals surface area (Å²) in [4.78, 5) is 16.9. The van der Waals surface area contributed by atoms with E-state index in [-0.39, 0.29) is 18.1 Å². The summed E-state index contributed by atoms with van der Waals surface area (Å²) >= 11 is 0. The van der Waals surface area contributed by atoms with Gasteiger partial charge in [0.25, 0.3) is 0 Å². The molecule has 1 N–H and O–H groups in total. The van der Waals surface area contributed by atoms with Gasteiger partial charge in [-0.3, -0.25) is 9.69 Å². The average Bonchev–Trinajstić information content (AvgIpc) is 3.09. The first-order valence-electron chi connectivity index (χ1n) is 9.10. The summed E-state index contributed by atoms with van der Waals surface area (Å²) in [5, 5.41) is 3.27. The molecular weight excluding hydrogens is 302 g/mol. The van der Waals surface area contributed by atoms with Gasteiger partial charge in [0.1, 0.15) is 0 Å². The minimum Gasteiger partial charge on any atom is -0.377 e. The molecule has 1 amide bonds. The summed E-state index contributed by atoms with van der Waals surface area (Å²) in [6, 6.07) is 10.8. The van der Waals surface area contributed by atoms with Crippen molar-refractivity contribution in [2.75, 3.05) is 39.3 Å². The van der Waals surface area contributed by atoms with Gasteiger partial charge in [0.05, 0.1) is 12.6 Å². The van der Waals surface area contributed by atoms with Gasteiger partial charge in [-0.15, -0.1) is 0 Å². The van der Waals surface area contributed by atoms with Crippen molar-refractivity contribution in [3.8, 4) is 0 Å². The Hall–Kier alpha value is -1.43. The molecule has 0 radical (unpaired) electrons. The van der Waals surface area contributed by atoms with Crippen molar-refractivity contribution in [2.24, 2.45) is 0 Å². The number of hydrogen-bond acceptors (Lipinski definition) is 4. The average molecular weight is 331 g/mol. The normalized spacial score (nSPS) is 25.1. The molecule has 132 valence electrons. The van der Waals surface area contributed by atoms with Gasteiger partial charge in [-0.1, -0.05) is 30.3 Å². The molecule has 2 aliphatic heterocycles. The molecule has 3 rings (SSSR count). The number of hydrogen-bond donors (Lipinski definition) is 1. The number of piperazine rings is 1. The van der Waals surface area contributed by atoms with E-state index < -0.39 is 0 Å². The van der Waals surface area contributed by atoms with Gasteiger partial charge < -0.3 is 15.0 Å². The molecule has 0 aromatic heterocycles. The van der Waals surface area contributed by atoms with Crippen LogP contribution in [0.4, 0.5) is 0 Å². The van der Waals surface area contributed by atoms with Crippen molar-refractivity contribution >= 4 is 5.91 Å². The summed E-state index contributed by atoms with van der Waals surface area (Å²) in [5.41, 5.74) is 1.34. The lowest BCUT2D eigenvalue weighted by atomic mass is 10.1. The highest BCUT2D eigenvalue weighted by atomic mass is 16.5. The molecule has 0 bridgehead atoms. The number of carbonyl (C=O) groups excluding carboxylic acids is 1. The molecule has 2 saturated heterocycles. The Morgan fingerprint density at radius 1 is 1.29 bits per heavy atom. The zero-order valence-electron chi connectivity index (χ0n) is 14.6. The molecule has 2 atom stereocenters. The minimum atomic E-state index is 0.208. The van der Waals surface area contributed by atoms with Gasteiger partial charge in [0.2, 0.25) is 5.91 Å². The van der Waals surface area contributed by atoms with E-state index in [0.29, 0.717) is 6.54 Å². The number of nitrogens with zero attached hydrogens (tertiary/aromatic N) is 2. The Morgan fingerprint density at radius 2 is 2.12 bits per heavy atom.